The van der Waals surface area contributed by atoms with Crippen LogP contribution in [0.2, 0.25) is 0 Å². The number of carbonyl (C=O) groups is 3. The van der Waals surface area contributed by atoms with Gasteiger partial charge in [0.25, 0.3) is 0 Å². The van der Waals surface area contributed by atoms with Gasteiger partial charge in [0.05, 0.1) is 28.6 Å². The molecule has 1 saturated heterocycles. The molecule has 4 aromatic rings. The first-order valence-electron chi connectivity index (χ1n) is 16.0. The normalized spacial score (nSPS) is 13.6. The molecule has 1 aliphatic heterocycles. The van der Waals surface area contributed by atoms with Crippen molar-refractivity contribution in [2.24, 2.45) is 5.41 Å². The summed E-state index contributed by atoms with van der Waals surface area (Å²) in [6.45, 7) is 6.90. The van der Waals surface area contributed by atoms with E-state index >= 15 is 0 Å². The number of hydrogen-bond donors (Lipinski definition) is 2. The standard InChI is InChI=1S/C18H20N2O5S2.C17H20BrNO4S2/c1-19(18(22)23)12-13-11-15(20-10-6-5-9-16(20)21)17(26-13)27(24,25)14-7-3-2-4-8-14;1-17(2,3)11-19(16(20)21)10-12-9-14(18)15(24-12)25(22,23)13-7-5-4-6-8-13/h2-4,7-8,11H,5-6,9-10,12H2,1H3,(H,22,23);4-9H,10-11H2,1-3H3,(H,20,21). The minimum atomic E-state index is -3.82. The molecule has 2 N–H and O–H groups in total. The monoisotopic (exact) mass is 853 g/mol. The first kappa shape index (κ1) is 41.0. The molecule has 280 valence electrons. The fourth-order valence-electron chi connectivity index (χ4n) is 5.26. The molecule has 3 heterocycles. The molecule has 2 aromatic heterocycles. The van der Waals surface area contributed by atoms with Gasteiger partial charge in [-0.05, 0) is 70.6 Å². The Morgan fingerprint density at radius 3 is 1.83 bits per heavy atom. The van der Waals surface area contributed by atoms with Gasteiger partial charge in [-0.15, -0.1) is 22.7 Å². The molecule has 0 unspecified atom stereocenters. The first-order chi connectivity index (χ1) is 24.3. The molecule has 1 fully saturated rings. The van der Waals surface area contributed by atoms with Gasteiger partial charge in [-0.1, -0.05) is 57.2 Å². The molecule has 0 saturated carbocycles. The SMILES string of the molecule is CC(C)(C)CN(Cc1cc(Br)c(S(=O)(=O)c2ccccc2)s1)C(=O)O.CN(Cc1cc(N2CCCCC2=O)c(S(=O)(=O)c2ccccc2)s1)C(=O)O. The van der Waals surface area contributed by atoms with Crippen LogP contribution in [0.1, 0.15) is 49.8 Å². The van der Waals surface area contributed by atoms with Crippen molar-refractivity contribution in [2.75, 3.05) is 25.0 Å². The Kier molecular flexibility index (Phi) is 13.3. The summed E-state index contributed by atoms with van der Waals surface area (Å²) in [6, 6.07) is 19.5. The highest BCUT2D eigenvalue weighted by molar-refractivity contribution is 9.10. The molecule has 1 aliphatic rings. The summed E-state index contributed by atoms with van der Waals surface area (Å²) < 4.78 is 52.6. The van der Waals surface area contributed by atoms with E-state index in [1.54, 1.807) is 60.7 Å². The average molecular weight is 855 g/mol. The predicted octanol–water partition coefficient (Wildman–Crippen LogP) is 8.08. The maximum atomic E-state index is 13.2. The van der Waals surface area contributed by atoms with Gasteiger partial charge in [0.15, 0.2) is 0 Å². The Balaban J connectivity index is 0.000000234. The molecule has 0 bridgehead atoms. The number of hydrogen-bond acceptors (Lipinski definition) is 9. The van der Waals surface area contributed by atoms with E-state index in [0.29, 0.717) is 39.4 Å². The summed E-state index contributed by atoms with van der Waals surface area (Å²) in [5, 5.41) is 18.5. The Morgan fingerprint density at radius 1 is 0.808 bits per heavy atom. The third kappa shape index (κ3) is 10.2. The molecule has 0 spiro atoms. The van der Waals surface area contributed by atoms with Gasteiger partial charge in [0.2, 0.25) is 25.6 Å². The summed E-state index contributed by atoms with van der Waals surface area (Å²) in [6.07, 6.45) is -0.158. The highest BCUT2D eigenvalue weighted by atomic mass is 79.9. The first-order valence-corrected chi connectivity index (χ1v) is 21.4. The van der Waals surface area contributed by atoms with E-state index in [2.05, 4.69) is 15.9 Å². The van der Waals surface area contributed by atoms with Crippen molar-refractivity contribution in [3.63, 3.8) is 0 Å². The lowest BCUT2D eigenvalue weighted by Crippen LogP contribution is -2.36. The molecule has 52 heavy (non-hydrogen) atoms. The van der Waals surface area contributed by atoms with Crippen LogP contribution in [0.4, 0.5) is 15.3 Å². The van der Waals surface area contributed by atoms with E-state index in [-0.39, 0.29) is 42.6 Å². The van der Waals surface area contributed by atoms with Crippen LogP contribution in [-0.4, -0.2) is 75.1 Å². The maximum Gasteiger partial charge on any atom is 0.407 e. The van der Waals surface area contributed by atoms with Crippen molar-refractivity contribution in [3.8, 4) is 0 Å². The van der Waals surface area contributed by atoms with Gasteiger partial charge in [-0.3, -0.25) is 4.79 Å². The van der Waals surface area contributed by atoms with E-state index in [1.165, 1.54) is 29.0 Å². The second-order valence-electron chi connectivity index (χ2n) is 13.2. The summed E-state index contributed by atoms with van der Waals surface area (Å²) in [7, 11) is -6.04. The lowest BCUT2D eigenvalue weighted by atomic mass is 9.96. The number of benzene rings is 2. The minimum Gasteiger partial charge on any atom is -0.465 e. The third-order valence-corrected chi connectivity index (χ3v) is 15.6. The van der Waals surface area contributed by atoms with Crippen LogP contribution < -0.4 is 4.90 Å². The quantitative estimate of drug-likeness (QED) is 0.160. The summed E-state index contributed by atoms with van der Waals surface area (Å²) >= 11 is 5.41. The van der Waals surface area contributed by atoms with Crippen LogP contribution in [0.5, 0.6) is 0 Å². The van der Waals surface area contributed by atoms with Gasteiger partial charge in [0.1, 0.15) is 8.42 Å². The van der Waals surface area contributed by atoms with Gasteiger partial charge in [-0.25, -0.2) is 26.4 Å². The molecular formula is C35H40BrN3O9S4. The molecule has 12 nitrogen and oxygen atoms in total. The lowest BCUT2D eigenvalue weighted by molar-refractivity contribution is -0.119. The summed E-state index contributed by atoms with van der Waals surface area (Å²) in [4.78, 5) is 40.5. The molecule has 2 aromatic carbocycles. The number of amides is 3. The van der Waals surface area contributed by atoms with Crippen LogP contribution >= 0.6 is 38.6 Å². The second-order valence-corrected chi connectivity index (χ2v) is 20.6. The average Bonchev–Trinajstić information content (AvgIpc) is 3.68. The van der Waals surface area contributed by atoms with E-state index in [1.807, 2.05) is 20.8 Å². The zero-order valence-corrected chi connectivity index (χ0v) is 33.8. The largest absolute Gasteiger partial charge is 0.465 e. The van der Waals surface area contributed by atoms with Gasteiger partial charge in [0, 0.05) is 40.8 Å². The van der Waals surface area contributed by atoms with Crippen molar-refractivity contribution < 1.29 is 41.4 Å². The number of anilines is 1. The fourth-order valence-corrected chi connectivity index (χ4v) is 12.6. The zero-order valence-electron chi connectivity index (χ0n) is 29.0. The summed E-state index contributed by atoms with van der Waals surface area (Å²) in [5.41, 5.74) is 0.161. The van der Waals surface area contributed by atoms with E-state index < -0.39 is 31.9 Å². The van der Waals surface area contributed by atoms with E-state index in [0.717, 1.165) is 40.4 Å². The van der Waals surface area contributed by atoms with Crippen LogP contribution in [-0.2, 0) is 37.6 Å². The van der Waals surface area contributed by atoms with Crippen molar-refractivity contribution >= 4 is 82.1 Å². The van der Waals surface area contributed by atoms with Crippen LogP contribution in [0.25, 0.3) is 0 Å². The Morgan fingerprint density at radius 2 is 1.33 bits per heavy atom. The number of rotatable bonds is 10. The van der Waals surface area contributed by atoms with Gasteiger partial charge < -0.3 is 24.9 Å². The van der Waals surface area contributed by atoms with Crippen molar-refractivity contribution in [1.29, 1.82) is 0 Å². The number of piperidine rings is 1. The molecule has 3 amide bonds. The smallest absolute Gasteiger partial charge is 0.407 e. The topological polar surface area (TPSA) is 170 Å². The van der Waals surface area contributed by atoms with Crippen LogP contribution in [0.15, 0.2) is 95.5 Å². The number of thiophene rings is 2. The minimum absolute atomic E-state index is 0.0549. The zero-order chi connectivity index (χ0) is 38.4. The Labute approximate surface area is 320 Å². The Bertz CT molecular complexity index is 2110. The number of nitrogens with zero attached hydrogens (tertiary/aromatic N) is 3. The molecule has 0 radical (unpaired) electrons. The van der Waals surface area contributed by atoms with Crippen LogP contribution in [0.3, 0.4) is 0 Å². The molecule has 17 heteroatoms. The van der Waals surface area contributed by atoms with Crippen LogP contribution in [0, 0.1) is 5.41 Å². The van der Waals surface area contributed by atoms with Gasteiger partial charge >= 0.3 is 12.2 Å². The highest BCUT2D eigenvalue weighted by Gasteiger charge is 2.32. The van der Waals surface area contributed by atoms with Crippen molar-refractivity contribution in [3.05, 3.63) is 87.0 Å². The van der Waals surface area contributed by atoms with E-state index in [9.17, 15) is 36.3 Å². The lowest BCUT2D eigenvalue weighted by Gasteiger charge is -2.27. The van der Waals surface area contributed by atoms with Crippen molar-refractivity contribution in [2.45, 2.75) is 71.3 Å². The number of sulfone groups is 2. The Hall–Kier alpha value is -3.77. The van der Waals surface area contributed by atoms with Gasteiger partial charge in [-0.2, -0.15) is 0 Å². The number of carbonyl (C=O) groups excluding carboxylic acids is 1. The molecule has 0 atom stereocenters. The molecular weight excluding hydrogens is 815 g/mol. The maximum absolute atomic E-state index is 13.2. The second kappa shape index (κ2) is 16.9. The highest BCUT2D eigenvalue weighted by Crippen LogP contribution is 2.40. The summed E-state index contributed by atoms with van der Waals surface area (Å²) in [5.74, 6) is -0.110. The number of carboxylic acid groups (broad SMARTS) is 2. The van der Waals surface area contributed by atoms with Crippen molar-refractivity contribution in [1.82, 2.24) is 9.80 Å². The fraction of sp³-hybridized carbons (Fsp3) is 0.343. The molecule has 0 aliphatic carbocycles. The predicted molar refractivity (Wildman–Crippen MR) is 204 cm³/mol. The third-order valence-electron chi connectivity index (χ3n) is 7.65. The number of halogens is 1. The van der Waals surface area contributed by atoms with E-state index in [4.69, 9.17) is 5.11 Å². The molecule has 5 rings (SSSR count).